The van der Waals surface area contributed by atoms with Gasteiger partial charge in [0.05, 0.1) is 0 Å². The molecule has 0 saturated heterocycles. The number of anilines is 1. The van der Waals surface area contributed by atoms with Crippen molar-refractivity contribution in [2.75, 3.05) is 11.9 Å². The molecule has 0 amide bonds. The zero-order chi connectivity index (χ0) is 14.1. The van der Waals surface area contributed by atoms with Crippen molar-refractivity contribution >= 4 is 21.7 Å². The van der Waals surface area contributed by atoms with Gasteiger partial charge in [-0.25, -0.2) is 9.97 Å². The summed E-state index contributed by atoms with van der Waals surface area (Å²) >= 11 is 3.50. The molecule has 0 radical (unpaired) electrons. The second kappa shape index (κ2) is 5.52. The molecule has 0 bridgehead atoms. The highest BCUT2D eigenvalue weighted by molar-refractivity contribution is 9.10. The molecule has 20 heavy (non-hydrogen) atoms. The lowest BCUT2D eigenvalue weighted by Gasteiger charge is -2.10. The fourth-order valence-corrected chi connectivity index (χ4v) is 2.80. The van der Waals surface area contributed by atoms with E-state index < -0.39 is 0 Å². The fourth-order valence-electron chi connectivity index (χ4n) is 2.32. The van der Waals surface area contributed by atoms with Crippen LogP contribution in [0.4, 0.5) is 5.82 Å². The second-order valence-electron chi connectivity index (χ2n) is 5.27. The topological polar surface area (TPSA) is 37.8 Å². The van der Waals surface area contributed by atoms with Crippen LogP contribution in [-0.4, -0.2) is 16.5 Å². The average Bonchev–Trinajstić information content (AvgIpc) is 3.23. The third-order valence-corrected chi connectivity index (χ3v) is 4.02. The Morgan fingerprint density at radius 1 is 1.25 bits per heavy atom. The van der Waals surface area contributed by atoms with Crippen molar-refractivity contribution in [3.63, 3.8) is 0 Å². The lowest BCUT2D eigenvalue weighted by Crippen LogP contribution is -2.04. The summed E-state index contributed by atoms with van der Waals surface area (Å²) in [6.45, 7) is 5.06. The van der Waals surface area contributed by atoms with Crippen LogP contribution in [0.5, 0.6) is 0 Å². The monoisotopic (exact) mass is 331 g/mol. The fraction of sp³-hybridized carbons (Fsp3) is 0.375. The molecule has 2 aromatic rings. The summed E-state index contributed by atoms with van der Waals surface area (Å²) in [5.41, 5.74) is 3.47. The Labute approximate surface area is 128 Å². The van der Waals surface area contributed by atoms with Crippen LogP contribution in [0.3, 0.4) is 0 Å². The second-order valence-corrected chi connectivity index (χ2v) is 6.18. The molecule has 1 aliphatic carbocycles. The zero-order valence-electron chi connectivity index (χ0n) is 11.8. The first-order chi connectivity index (χ1) is 9.67. The molecule has 104 valence electrons. The number of nitrogens with one attached hydrogen (secondary N) is 1. The first-order valence-corrected chi connectivity index (χ1v) is 7.86. The van der Waals surface area contributed by atoms with Gasteiger partial charge in [0, 0.05) is 34.3 Å². The van der Waals surface area contributed by atoms with Crippen molar-refractivity contribution in [3.8, 4) is 11.4 Å². The first kappa shape index (κ1) is 13.6. The Hall–Kier alpha value is -1.42. The summed E-state index contributed by atoms with van der Waals surface area (Å²) in [4.78, 5) is 9.43. The number of aryl methyl sites for hydroxylation is 1. The van der Waals surface area contributed by atoms with Gasteiger partial charge in [-0.15, -0.1) is 0 Å². The summed E-state index contributed by atoms with van der Waals surface area (Å²) in [6.07, 6.45) is 2.50. The van der Waals surface area contributed by atoms with Gasteiger partial charge >= 0.3 is 0 Å². The van der Waals surface area contributed by atoms with E-state index in [0.717, 1.165) is 28.2 Å². The molecule has 0 atom stereocenters. The van der Waals surface area contributed by atoms with Crippen LogP contribution in [-0.2, 0) is 0 Å². The van der Waals surface area contributed by atoms with Gasteiger partial charge in [0.25, 0.3) is 0 Å². The summed E-state index contributed by atoms with van der Waals surface area (Å²) in [5, 5.41) is 3.31. The van der Waals surface area contributed by atoms with Gasteiger partial charge in [-0.2, -0.15) is 0 Å². The van der Waals surface area contributed by atoms with Crippen molar-refractivity contribution in [1.29, 1.82) is 0 Å². The molecular formula is C16H18BrN3. The molecule has 1 aromatic carbocycles. The van der Waals surface area contributed by atoms with Crippen molar-refractivity contribution < 1.29 is 0 Å². The normalized spacial score (nSPS) is 14.3. The molecule has 3 rings (SSSR count). The van der Waals surface area contributed by atoms with Crippen LogP contribution in [0.2, 0.25) is 0 Å². The van der Waals surface area contributed by atoms with E-state index >= 15 is 0 Å². The van der Waals surface area contributed by atoms with Crippen molar-refractivity contribution in [2.24, 2.45) is 0 Å². The van der Waals surface area contributed by atoms with E-state index in [0.29, 0.717) is 5.92 Å². The SMILES string of the molecule is CCNc1cc(C2CC2)nc(-c2ccc(Br)cc2C)n1. The highest BCUT2D eigenvalue weighted by atomic mass is 79.9. The molecule has 1 fully saturated rings. The lowest BCUT2D eigenvalue weighted by atomic mass is 10.1. The van der Waals surface area contributed by atoms with E-state index in [1.807, 2.05) is 6.07 Å². The lowest BCUT2D eigenvalue weighted by molar-refractivity contribution is 0.987. The van der Waals surface area contributed by atoms with Crippen molar-refractivity contribution in [2.45, 2.75) is 32.6 Å². The van der Waals surface area contributed by atoms with Gasteiger partial charge in [0.15, 0.2) is 5.82 Å². The van der Waals surface area contributed by atoms with E-state index in [1.54, 1.807) is 0 Å². The Morgan fingerprint density at radius 2 is 2.05 bits per heavy atom. The van der Waals surface area contributed by atoms with Crippen LogP contribution < -0.4 is 5.32 Å². The predicted molar refractivity (Wildman–Crippen MR) is 86.0 cm³/mol. The van der Waals surface area contributed by atoms with Crippen LogP contribution in [0.15, 0.2) is 28.7 Å². The van der Waals surface area contributed by atoms with Crippen LogP contribution in [0, 0.1) is 6.92 Å². The molecule has 4 heteroatoms. The molecular weight excluding hydrogens is 314 g/mol. The molecule has 1 N–H and O–H groups in total. The average molecular weight is 332 g/mol. The van der Waals surface area contributed by atoms with Gasteiger partial charge in [-0.05, 0) is 50.5 Å². The van der Waals surface area contributed by atoms with Gasteiger partial charge < -0.3 is 5.32 Å². The highest BCUT2D eigenvalue weighted by Gasteiger charge is 2.26. The summed E-state index contributed by atoms with van der Waals surface area (Å²) in [5.74, 6) is 2.39. The molecule has 0 spiro atoms. The van der Waals surface area contributed by atoms with Gasteiger partial charge in [0.2, 0.25) is 0 Å². The minimum Gasteiger partial charge on any atom is -0.370 e. The first-order valence-electron chi connectivity index (χ1n) is 7.06. The number of rotatable bonds is 4. The minimum absolute atomic E-state index is 0.630. The predicted octanol–water partition coefficient (Wildman–Crippen LogP) is 4.52. The molecule has 1 aromatic heterocycles. The maximum atomic E-state index is 4.77. The third kappa shape index (κ3) is 2.85. The van der Waals surface area contributed by atoms with Crippen molar-refractivity contribution in [1.82, 2.24) is 9.97 Å². The summed E-state index contributed by atoms with van der Waals surface area (Å²) < 4.78 is 1.09. The van der Waals surface area contributed by atoms with E-state index in [2.05, 4.69) is 58.3 Å². The van der Waals surface area contributed by atoms with E-state index in [9.17, 15) is 0 Å². The molecule has 1 saturated carbocycles. The van der Waals surface area contributed by atoms with Crippen LogP contribution >= 0.6 is 15.9 Å². The Morgan fingerprint density at radius 3 is 2.70 bits per heavy atom. The third-order valence-electron chi connectivity index (χ3n) is 3.53. The maximum absolute atomic E-state index is 4.77. The van der Waals surface area contributed by atoms with Gasteiger partial charge in [-0.3, -0.25) is 0 Å². The number of halogens is 1. The number of nitrogens with zero attached hydrogens (tertiary/aromatic N) is 2. The number of aromatic nitrogens is 2. The molecule has 3 nitrogen and oxygen atoms in total. The molecule has 0 aliphatic heterocycles. The molecule has 1 aliphatic rings. The Balaban J connectivity index is 2.06. The largest absolute Gasteiger partial charge is 0.370 e. The smallest absolute Gasteiger partial charge is 0.162 e. The van der Waals surface area contributed by atoms with Crippen molar-refractivity contribution in [3.05, 3.63) is 40.0 Å². The molecule has 1 heterocycles. The van der Waals surface area contributed by atoms with Gasteiger partial charge in [-0.1, -0.05) is 15.9 Å². The Bertz CT molecular complexity index is 636. The molecule has 0 unspecified atom stereocenters. The maximum Gasteiger partial charge on any atom is 0.162 e. The van der Waals surface area contributed by atoms with E-state index in [1.165, 1.54) is 24.1 Å². The summed E-state index contributed by atoms with van der Waals surface area (Å²) in [7, 11) is 0. The van der Waals surface area contributed by atoms with Crippen LogP contribution in [0.1, 0.15) is 36.9 Å². The summed E-state index contributed by atoms with van der Waals surface area (Å²) in [6, 6.07) is 8.33. The minimum atomic E-state index is 0.630. The number of hydrogen-bond donors (Lipinski definition) is 1. The number of hydrogen-bond acceptors (Lipinski definition) is 3. The standard InChI is InChI=1S/C16H18BrN3/c1-3-18-15-9-14(11-4-5-11)19-16(20-15)13-7-6-12(17)8-10(13)2/h6-9,11H,3-5H2,1-2H3,(H,18,19,20). The number of benzene rings is 1. The van der Waals surface area contributed by atoms with E-state index in [-0.39, 0.29) is 0 Å². The highest BCUT2D eigenvalue weighted by Crippen LogP contribution is 2.40. The Kier molecular flexibility index (Phi) is 3.74. The quantitative estimate of drug-likeness (QED) is 0.894. The van der Waals surface area contributed by atoms with Crippen LogP contribution in [0.25, 0.3) is 11.4 Å². The van der Waals surface area contributed by atoms with E-state index in [4.69, 9.17) is 4.98 Å². The zero-order valence-corrected chi connectivity index (χ0v) is 13.4. The van der Waals surface area contributed by atoms with Gasteiger partial charge in [0.1, 0.15) is 5.82 Å².